The van der Waals surface area contributed by atoms with Gasteiger partial charge in [-0.3, -0.25) is 4.79 Å². The quantitative estimate of drug-likeness (QED) is 0.562. The SMILES string of the molecule is COC(=O)c1ccc(OCC(=O)Nc2ccccc2I)c(Cl)c1. The van der Waals surface area contributed by atoms with Crippen LogP contribution in [0.25, 0.3) is 0 Å². The Morgan fingerprint density at radius 3 is 2.61 bits per heavy atom. The van der Waals surface area contributed by atoms with Gasteiger partial charge in [-0.25, -0.2) is 4.79 Å². The van der Waals surface area contributed by atoms with E-state index in [2.05, 4.69) is 32.6 Å². The number of amides is 1. The predicted octanol–water partition coefficient (Wildman–Crippen LogP) is 3.75. The number of anilines is 1. The normalized spacial score (nSPS) is 10.0. The molecule has 2 aromatic rings. The molecule has 7 heteroatoms. The van der Waals surface area contributed by atoms with Crippen molar-refractivity contribution >= 4 is 51.8 Å². The van der Waals surface area contributed by atoms with Gasteiger partial charge in [0.2, 0.25) is 0 Å². The van der Waals surface area contributed by atoms with Crippen LogP contribution in [0.15, 0.2) is 42.5 Å². The number of esters is 1. The van der Waals surface area contributed by atoms with Crippen LogP contribution < -0.4 is 10.1 Å². The summed E-state index contributed by atoms with van der Waals surface area (Å²) in [4.78, 5) is 23.3. The van der Waals surface area contributed by atoms with E-state index in [4.69, 9.17) is 16.3 Å². The molecule has 0 heterocycles. The molecule has 120 valence electrons. The summed E-state index contributed by atoms with van der Waals surface area (Å²) >= 11 is 8.17. The van der Waals surface area contributed by atoms with Crippen molar-refractivity contribution in [2.75, 3.05) is 19.0 Å². The number of ether oxygens (including phenoxy) is 2. The van der Waals surface area contributed by atoms with E-state index in [1.165, 1.54) is 25.3 Å². The number of carbonyl (C=O) groups is 2. The van der Waals surface area contributed by atoms with Crippen molar-refractivity contribution in [2.24, 2.45) is 0 Å². The van der Waals surface area contributed by atoms with Crippen molar-refractivity contribution in [1.29, 1.82) is 0 Å². The molecule has 0 saturated heterocycles. The summed E-state index contributed by atoms with van der Waals surface area (Å²) in [5.74, 6) is -0.477. The average molecular weight is 446 g/mol. The Kier molecular flexibility index (Phi) is 6.23. The fraction of sp³-hybridized carbons (Fsp3) is 0.125. The number of benzene rings is 2. The highest BCUT2D eigenvalue weighted by atomic mass is 127. The Labute approximate surface area is 152 Å². The van der Waals surface area contributed by atoms with Crippen LogP contribution in [0, 0.1) is 3.57 Å². The van der Waals surface area contributed by atoms with Crippen molar-refractivity contribution in [3.8, 4) is 5.75 Å². The number of methoxy groups -OCH3 is 1. The van der Waals surface area contributed by atoms with Gasteiger partial charge in [-0.05, 0) is 52.9 Å². The van der Waals surface area contributed by atoms with Crippen LogP contribution in [-0.4, -0.2) is 25.6 Å². The molecule has 1 amide bonds. The van der Waals surface area contributed by atoms with Crippen LogP contribution >= 0.6 is 34.2 Å². The Hall–Kier alpha value is -1.80. The summed E-state index contributed by atoms with van der Waals surface area (Å²) < 4.78 is 10.9. The lowest BCUT2D eigenvalue weighted by Gasteiger charge is -2.10. The van der Waals surface area contributed by atoms with Crippen molar-refractivity contribution in [1.82, 2.24) is 0 Å². The van der Waals surface area contributed by atoms with Crippen molar-refractivity contribution in [3.05, 3.63) is 56.6 Å². The van der Waals surface area contributed by atoms with Gasteiger partial charge < -0.3 is 14.8 Å². The molecule has 23 heavy (non-hydrogen) atoms. The molecule has 0 aliphatic carbocycles. The summed E-state index contributed by atoms with van der Waals surface area (Å²) in [6.07, 6.45) is 0. The highest BCUT2D eigenvalue weighted by Crippen LogP contribution is 2.26. The van der Waals surface area contributed by atoms with E-state index in [0.717, 1.165) is 3.57 Å². The standard InChI is InChI=1S/C16H13ClINO4/c1-22-16(21)10-6-7-14(11(17)8-10)23-9-15(20)19-13-5-3-2-4-12(13)18/h2-8H,9H2,1H3,(H,19,20). The molecule has 0 aliphatic rings. The molecule has 0 bridgehead atoms. The molecule has 2 aromatic carbocycles. The zero-order valence-corrected chi connectivity index (χ0v) is 15.1. The Morgan fingerprint density at radius 1 is 1.22 bits per heavy atom. The third-order valence-corrected chi connectivity index (χ3v) is 4.10. The molecule has 2 rings (SSSR count). The van der Waals surface area contributed by atoms with Crippen molar-refractivity contribution < 1.29 is 19.1 Å². The minimum Gasteiger partial charge on any atom is -0.482 e. The van der Waals surface area contributed by atoms with Gasteiger partial charge in [-0.2, -0.15) is 0 Å². The molecule has 0 fully saturated rings. The highest BCUT2D eigenvalue weighted by molar-refractivity contribution is 14.1. The van der Waals surface area contributed by atoms with E-state index in [1.54, 1.807) is 6.07 Å². The molecule has 1 N–H and O–H groups in total. The van der Waals surface area contributed by atoms with Crippen LogP contribution in [0.1, 0.15) is 10.4 Å². The van der Waals surface area contributed by atoms with E-state index < -0.39 is 5.97 Å². The topological polar surface area (TPSA) is 64.6 Å². The molecular weight excluding hydrogens is 433 g/mol. The predicted molar refractivity (Wildman–Crippen MR) is 96.1 cm³/mol. The van der Waals surface area contributed by atoms with Crippen LogP contribution in [0.5, 0.6) is 5.75 Å². The smallest absolute Gasteiger partial charge is 0.337 e. The highest BCUT2D eigenvalue weighted by Gasteiger charge is 2.11. The van der Waals surface area contributed by atoms with E-state index >= 15 is 0 Å². The van der Waals surface area contributed by atoms with Gasteiger partial charge in [-0.1, -0.05) is 23.7 Å². The zero-order valence-electron chi connectivity index (χ0n) is 12.1. The number of carbonyl (C=O) groups excluding carboxylic acids is 2. The number of hydrogen-bond acceptors (Lipinski definition) is 4. The van der Waals surface area contributed by atoms with Gasteiger partial charge in [0.1, 0.15) is 5.75 Å². The average Bonchev–Trinajstić information content (AvgIpc) is 2.55. The summed E-state index contributed by atoms with van der Waals surface area (Å²) in [7, 11) is 1.29. The van der Waals surface area contributed by atoms with Gasteiger partial charge >= 0.3 is 5.97 Å². The Morgan fingerprint density at radius 2 is 1.96 bits per heavy atom. The summed E-state index contributed by atoms with van der Waals surface area (Å²) in [6, 6.07) is 11.9. The molecule has 0 aliphatic heterocycles. The fourth-order valence-corrected chi connectivity index (χ4v) is 2.51. The molecule has 0 unspecified atom stereocenters. The molecular formula is C16H13ClINO4. The van der Waals surface area contributed by atoms with Crippen LogP contribution in [0.3, 0.4) is 0 Å². The van der Waals surface area contributed by atoms with Crippen LogP contribution in [0.2, 0.25) is 5.02 Å². The molecule has 0 aromatic heterocycles. The number of rotatable bonds is 5. The Balaban J connectivity index is 1.97. The first-order valence-electron chi connectivity index (χ1n) is 6.56. The van der Waals surface area contributed by atoms with Gasteiger partial charge in [0.15, 0.2) is 6.61 Å². The van der Waals surface area contributed by atoms with E-state index in [1.807, 2.05) is 18.2 Å². The molecule has 5 nitrogen and oxygen atoms in total. The lowest BCUT2D eigenvalue weighted by atomic mass is 10.2. The molecule has 0 spiro atoms. The second kappa shape index (κ2) is 8.16. The molecule has 0 saturated carbocycles. The summed E-state index contributed by atoms with van der Waals surface area (Å²) in [6.45, 7) is -0.192. The third kappa shape index (κ3) is 4.84. The van der Waals surface area contributed by atoms with E-state index in [0.29, 0.717) is 17.0 Å². The number of nitrogens with one attached hydrogen (secondary N) is 1. The zero-order chi connectivity index (χ0) is 16.8. The second-order valence-corrected chi connectivity index (χ2v) is 6.02. The first kappa shape index (κ1) is 17.6. The van der Waals surface area contributed by atoms with Gasteiger partial charge in [0.05, 0.1) is 23.4 Å². The third-order valence-electron chi connectivity index (χ3n) is 2.86. The first-order chi connectivity index (χ1) is 11.0. The summed E-state index contributed by atoms with van der Waals surface area (Å²) in [5.41, 5.74) is 1.03. The van der Waals surface area contributed by atoms with Crippen molar-refractivity contribution in [2.45, 2.75) is 0 Å². The van der Waals surface area contributed by atoms with Crippen LogP contribution in [0.4, 0.5) is 5.69 Å². The van der Waals surface area contributed by atoms with Crippen molar-refractivity contribution in [3.63, 3.8) is 0 Å². The fourth-order valence-electron chi connectivity index (χ4n) is 1.75. The number of halogens is 2. The van der Waals surface area contributed by atoms with E-state index in [9.17, 15) is 9.59 Å². The maximum Gasteiger partial charge on any atom is 0.337 e. The molecule has 0 atom stereocenters. The lowest BCUT2D eigenvalue weighted by Crippen LogP contribution is -2.20. The first-order valence-corrected chi connectivity index (χ1v) is 8.02. The maximum absolute atomic E-state index is 11.9. The lowest BCUT2D eigenvalue weighted by molar-refractivity contribution is -0.118. The minimum absolute atomic E-state index is 0.192. The number of para-hydroxylation sites is 1. The van der Waals surface area contributed by atoms with Gasteiger partial charge in [0.25, 0.3) is 5.91 Å². The van der Waals surface area contributed by atoms with Crippen LogP contribution in [-0.2, 0) is 9.53 Å². The number of hydrogen-bond donors (Lipinski definition) is 1. The largest absolute Gasteiger partial charge is 0.482 e. The Bertz CT molecular complexity index is 736. The summed E-state index contributed by atoms with van der Waals surface area (Å²) in [5, 5.41) is 2.98. The monoisotopic (exact) mass is 445 g/mol. The maximum atomic E-state index is 11.9. The second-order valence-electron chi connectivity index (χ2n) is 4.45. The van der Waals surface area contributed by atoms with Gasteiger partial charge in [-0.15, -0.1) is 0 Å². The van der Waals surface area contributed by atoms with E-state index in [-0.39, 0.29) is 17.5 Å². The molecule has 0 radical (unpaired) electrons. The van der Waals surface area contributed by atoms with Gasteiger partial charge in [0, 0.05) is 3.57 Å². The minimum atomic E-state index is -0.491.